The van der Waals surface area contributed by atoms with Gasteiger partial charge < -0.3 is 5.41 Å². The third kappa shape index (κ3) is 41500. The highest BCUT2D eigenvalue weighted by Crippen LogP contribution is 1.81. The summed E-state index contributed by atoms with van der Waals surface area (Å²) in [6, 6.07) is 0. The lowest BCUT2D eigenvalue weighted by Gasteiger charge is -1.79. The van der Waals surface area contributed by atoms with E-state index < -0.39 is 0 Å². The number of rotatable bonds is 1. The highest BCUT2D eigenvalue weighted by molar-refractivity contribution is 5.48. The zero-order valence-corrected chi connectivity index (χ0v) is 10.2. The maximum atomic E-state index is 6.08. The predicted octanol–water partition coefficient (Wildman–Crippen LogP) is 4.70. The molecular formula is C12H27N. The molecule has 0 atom stereocenters. The third-order valence-electron chi connectivity index (χ3n) is 0.167. The summed E-state index contributed by atoms with van der Waals surface area (Å²) in [5, 5.41) is 6.08. The molecule has 1 heteroatoms. The van der Waals surface area contributed by atoms with Crippen LogP contribution in [-0.2, 0) is 0 Å². The summed E-state index contributed by atoms with van der Waals surface area (Å²) < 4.78 is 0. The molecule has 0 spiro atoms. The maximum Gasteiger partial charge on any atom is -0.00788 e. The van der Waals surface area contributed by atoms with Crippen LogP contribution in [0.15, 0.2) is 25.3 Å². The highest BCUT2D eigenvalue weighted by atomic mass is 14.3. The Kier molecular flexibility index (Phi) is 75.8. The van der Waals surface area contributed by atoms with E-state index in [1.165, 1.54) is 6.21 Å². The fraction of sp³-hybridized carbons (Fsp3) is 0.583. The molecular weight excluding hydrogens is 158 g/mol. The van der Waals surface area contributed by atoms with Crippen LogP contribution in [0.4, 0.5) is 0 Å². The van der Waals surface area contributed by atoms with Gasteiger partial charge in [-0.2, -0.15) is 0 Å². The van der Waals surface area contributed by atoms with Crippen LogP contribution in [0.1, 0.15) is 41.5 Å². The van der Waals surface area contributed by atoms with Crippen molar-refractivity contribution in [1.82, 2.24) is 0 Å². The van der Waals surface area contributed by atoms with Crippen molar-refractivity contribution in [3.8, 4) is 0 Å². The molecule has 0 aromatic rings. The largest absolute Gasteiger partial charge is 0.313 e. The van der Waals surface area contributed by atoms with Crippen LogP contribution < -0.4 is 0 Å². The van der Waals surface area contributed by atoms with Crippen molar-refractivity contribution >= 4 is 6.21 Å². The third-order valence-corrected chi connectivity index (χ3v) is 0.167. The number of hydrogen-bond donors (Lipinski definition) is 1. The van der Waals surface area contributed by atoms with Gasteiger partial charge in [0.05, 0.1) is 0 Å². The SMILES string of the molecule is C=CC=C.CC.CC(C)C.CC=N. The molecule has 0 unspecified atom stereocenters. The Balaban J connectivity index is -0.0000000431. The minimum absolute atomic E-state index is 0.833. The molecule has 0 rings (SSSR count). The van der Waals surface area contributed by atoms with E-state index in [-0.39, 0.29) is 0 Å². The average molecular weight is 185 g/mol. The molecule has 1 nitrogen and oxygen atoms in total. The summed E-state index contributed by atoms with van der Waals surface area (Å²) in [7, 11) is 0. The summed E-state index contributed by atoms with van der Waals surface area (Å²) in [5.74, 6) is 0.833. The van der Waals surface area contributed by atoms with Gasteiger partial charge in [0, 0.05) is 0 Å². The molecule has 0 heterocycles. The van der Waals surface area contributed by atoms with Gasteiger partial charge in [-0.15, -0.1) is 0 Å². The molecule has 0 aromatic heterocycles. The minimum atomic E-state index is 0.833. The van der Waals surface area contributed by atoms with E-state index in [0.29, 0.717) is 0 Å². The number of hydrogen-bond acceptors (Lipinski definition) is 1. The molecule has 13 heavy (non-hydrogen) atoms. The molecule has 0 aromatic carbocycles. The first-order chi connectivity index (χ1) is 6.06. The number of allylic oxidation sites excluding steroid dienone is 2. The van der Waals surface area contributed by atoms with Crippen LogP contribution in [-0.4, -0.2) is 6.21 Å². The van der Waals surface area contributed by atoms with Crippen LogP contribution in [0.5, 0.6) is 0 Å². The van der Waals surface area contributed by atoms with Crippen molar-refractivity contribution in [2.75, 3.05) is 0 Å². The fourth-order valence-electron chi connectivity index (χ4n) is 0. The molecule has 0 saturated heterocycles. The Morgan fingerprint density at radius 2 is 1.08 bits per heavy atom. The van der Waals surface area contributed by atoms with Crippen molar-refractivity contribution in [2.45, 2.75) is 41.5 Å². The second-order valence-corrected chi connectivity index (χ2v) is 2.49. The Hall–Kier alpha value is -0.850. The van der Waals surface area contributed by atoms with Gasteiger partial charge in [-0.3, -0.25) is 0 Å². The molecule has 0 amide bonds. The summed E-state index contributed by atoms with van der Waals surface area (Å²) in [6.45, 7) is 18.9. The summed E-state index contributed by atoms with van der Waals surface area (Å²) in [5.41, 5.74) is 0. The van der Waals surface area contributed by atoms with E-state index in [4.69, 9.17) is 5.41 Å². The quantitative estimate of drug-likeness (QED) is 0.452. The fourth-order valence-corrected chi connectivity index (χ4v) is 0. The van der Waals surface area contributed by atoms with Gasteiger partial charge in [0.15, 0.2) is 0 Å². The molecule has 0 radical (unpaired) electrons. The highest BCUT2D eigenvalue weighted by Gasteiger charge is 1.68. The van der Waals surface area contributed by atoms with Crippen LogP contribution in [0, 0.1) is 11.3 Å². The summed E-state index contributed by atoms with van der Waals surface area (Å²) in [4.78, 5) is 0. The molecule has 0 saturated carbocycles. The van der Waals surface area contributed by atoms with E-state index >= 15 is 0 Å². The molecule has 0 bridgehead atoms. The lowest BCUT2D eigenvalue weighted by Crippen LogP contribution is -1.66. The zero-order chi connectivity index (χ0) is 11.7. The van der Waals surface area contributed by atoms with E-state index in [9.17, 15) is 0 Å². The Bertz CT molecular complexity index is 74.4. The average Bonchev–Trinajstić information content (AvgIpc) is 2.08. The van der Waals surface area contributed by atoms with Crippen molar-refractivity contribution in [1.29, 1.82) is 5.41 Å². The van der Waals surface area contributed by atoms with Crippen LogP contribution in [0.2, 0.25) is 0 Å². The monoisotopic (exact) mass is 185 g/mol. The first kappa shape index (κ1) is 22.7. The van der Waals surface area contributed by atoms with Gasteiger partial charge in [-0.05, 0) is 19.1 Å². The maximum absolute atomic E-state index is 6.08. The normalized spacial score (nSPS) is 5.77. The first-order valence-electron chi connectivity index (χ1n) is 4.75. The molecule has 0 fully saturated rings. The minimum Gasteiger partial charge on any atom is -0.313 e. The first-order valence-corrected chi connectivity index (χ1v) is 4.75. The molecule has 0 aliphatic heterocycles. The van der Waals surface area contributed by atoms with Gasteiger partial charge in [-0.25, -0.2) is 0 Å². The molecule has 1 N–H and O–H groups in total. The van der Waals surface area contributed by atoms with E-state index in [1.807, 2.05) is 13.8 Å². The van der Waals surface area contributed by atoms with Gasteiger partial charge in [0.1, 0.15) is 0 Å². The predicted molar refractivity (Wildman–Crippen MR) is 66.7 cm³/mol. The van der Waals surface area contributed by atoms with Crippen molar-refractivity contribution < 1.29 is 0 Å². The van der Waals surface area contributed by atoms with E-state index in [2.05, 4.69) is 33.9 Å². The summed E-state index contributed by atoms with van der Waals surface area (Å²) >= 11 is 0. The second-order valence-electron chi connectivity index (χ2n) is 2.49. The van der Waals surface area contributed by atoms with Crippen LogP contribution >= 0.6 is 0 Å². The number of nitrogens with one attached hydrogen (secondary N) is 1. The van der Waals surface area contributed by atoms with Gasteiger partial charge in [0.2, 0.25) is 0 Å². The van der Waals surface area contributed by atoms with Crippen molar-refractivity contribution in [3.63, 3.8) is 0 Å². The second kappa shape index (κ2) is 43.3. The summed E-state index contributed by atoms with van der Waals surface area (Å²) in [6.07, 6.45) is 4.53. The van der Waals surface area contributed by atoms with Crippen molar-refractivity contribution in [2.24, 2.45) is 5.92 Å². The Morgan fingerprint density at radius 3 is 1.08 bits per heavy atom. The molecule has 0 aliphatic carbocycles. The lowest BCUT2D eigenvalue weighted by atomic mass is 10.3. The van der Waals surface area contributed by atoms with E-state index in [1.54, 1.807) is 19.1 Å². The topological polar surface area (TPSA) is 23.9 Å². The zero-order valence-electron chi connectivity index (χ0n) is 10.2. The molecule has 80 valence electrons. The smallest absolute Gasteiger partial charge is 0.00788 e. The standard InChI is InChI=1S/C4H10.C4H6.C2H5N.C2H6/c1-4(2)3;1-3-4-2;1-2-3;1-2/h4H,1-3H3;3-4H,1-2H2;2-3H,1H3;1-2H3. The van der Waals surface area contributed by atoms with Crippen LogP contribution in [0.25, 0.3) is 0 Å². The molecule has 0 aliphatic rings. The Labute approximate surface area is 85.1 Å². The lowest BCUT2D eigenvalue weighted by molar-refractivity contribution is 0.737. The van der Waals surface area contributed by atoms with Crippen LogP contribution in [0.3, 0.4) is 0 Å². The van der Waals surface area contributed by atoms with Gasteiger partial charge in [0.25, 0.3) is 0 Å². The van der Waals surface area contributed by atoms with Gasteiger partial charge >= 0.3 is 0 Å². The van der Waals surface area contributed by atoms with E-state index in [0.717, 1.165) is 5.92 Å². The Morgan fingerprint density at radius 1 is 1.00 bits per heavy atom. The van der Waals surface area contributed by atoms with Gasteiger partial charge in [-0.1, -0.05) is 59.9 Å². The van der Waals surface area contributed by atoms with Crippen molar-refractivity contribution in [3.05, 3.63) is 25.3 Å².